The number of likely N-dealkylation sites (N-methyl/N-ethyl adjacent to an activating group) is 1. The molecule has 13 heteroatoms. The molecule has 1 amide bonds. The Balaban J connectivity index is 1.66. The summed E-state index contributed by atoms with van der Waals surface area (Å²) in [5.41, 5.74) is 0.112. The highest BCUT2D eigenvalue weighted by molar-refractivity contribution is 7.92. The van der Waals surface area contributed by atoms with E-state index in [4.69, 9.17) is 16.3 Å². The summed E-state index contributed by atoms with van der Waals surface area (Å²) in [6.45, 7) is 4.18. The molecule has 0 saturated heterocycles. The molecule has 8 nitrogen and oxygen atoms in total. The van der Waals surface area contributed by atoms with Crippen LogP contribution in [0.4, 0.5) is 18.9 Å². The highest BCUT2D eigenvalue weighted by Crippen LogP contribution is 2.36. The predicted molar refractivity (Wildman–Crippen MR) is 158 cm³/mol. The van der Waals surface area contributed by atoms with E-state index in [2.05, 4.69) is 4.72 Å². The molecule has 1 aliphatic rings. The number of alkyl halides is 3. The normalized spacial score (nSPS) is 18.4. The van der Waals surface area contributed by atoms with E-state index in [0.29, 0.717) is 23.7 Å². The van der Waals surface area contributed by atoms with Crippen molar-refractivity contribution in [3.05, 3.63) is 88.4 Å². The first kappa shape index (κ1) is 32.6. The van der Waals surface area contributed by atoms with Gasteiger partial charge in [-0.15, -0.1) is 0 Å². The van der Waals surface area contributed by atoms with Crippen molar-refractivity contribution < 1.29 is 36.2 Å². The number of rotatable bonds is 9. The number of amides is 1. The molecular formula is C30H33ClF3N3O5S. The molecule has 0 saturated carbocycles. The third-order valence-electron chi connectivity index (χ3n) is 7.28. The molecule has 3 aromatic rings. The maximum atomic E-state index is 13.7. The summed E-state index contributed by atoms with van der Waals surface area (Å²) in [5.74, 6) is -0.658. The number of fused-ring (bicyclic) bond motifs is 1. The van der Waals surface area contributed by atoms with E-state index in [1.807, 2.05) is 11.8 Å². The van der Waals surface area contributed by atoms with Crippen molar-refractivity contribution in [3.63, 3.8) is 0 Å². The van der Waals surface area contributed by atoms with Gasteiger partial charge < -0.3 is 14.7 Å². The van der Waals surface area contributed by atoms with Gasteiger partial charge in [0.25, 0.3) is 15.9 Å². The van der Waals surface area contributed by atoms with Crippen LogP contribution in [0.25, 0.3) is 0 Å². The van der Waals surface area contributed by atoms with Crippen LogP contribution in [0.15, 0.2) is 71.6 Å². The lowest BCUT2D eigenvalue weighted by Crippen LogP contribution is -2.49. The van der Waals surface area contributed by atoms with Gasteiger partial charge in [0.15, 0.2) is 5.75 Å². The van der Waals surface area contributed by atoms with Crippen LogP contribution < -0.4 is 9.46 Å². The second-order valence-corrected chi connectivity index (χ2v) is 12.9. The molecule has 0 aromatic heterocycles. The van der Waals surface area contributed by atoms with Crippen LogP contribution in [0, 0.1) is 5.92 Å². The number of anilines is 1. The van der Waals surface area contributed by atoms with Crippen molar-refractivity contribution in [2.45, 2.75) is 43.6 Å². The number of benzene rings is 3. The van der Waals surface area contributed by atoms with Crippen molar-refractivity contribution in [2.24, 2.45) is 5.92 Å². The minimum Gasteiger partial charge on any atom is -0.486 e. The molecule has 1 heterocycles. The van der Waals surface area contributed by atoms with E-state index < -0.39 is 39.8 Å². The molecule has 3 atom stereocenters. The summed E-state index contributed by atoms with van der Waals surface area (Å²) in [6.07, 6.45) is -5.00. The zero-order chi connectivity index (χ0) is 31.5. The summed E-state index contributed by atoms with van der Waals surface area (Å²) < 4.78 is 74.5. The second-order valence-electron chi connectivity index (χ2n) is 10.8. The first-order chi connectivity index (χ1) is 20.2. The lowest BCUT2D eigenvalue weighted by atomic mass is 9.99. The summed E-state index contributed by atoms with van der Waals surface area (Å²) in [6, 6.07) is 14.6. The van der Waals surface area contributed by atoms with Gasteiger partial charge in [-0.1, -0.05) is 36.7 Å². The fourth-order valence-corrected chi connectivity index (χ4v) is 6.03. The molecule has 0 spiro atoms. The average Bonchev–Trinajstić information content (AvgIpc) is 2.94. The highest BCUT2D eigenvalue weighted by Gasteiger charge is 2.35. The zero-order valence-corrected chi connectivity index (χ0v) is 25.4. The maximum absolute atomic E-state index is 13.7. The van der Waals surface area contributed by atoms with Crippen molar-refractivity contribution in [3.8, 4) is 5.75 Å². The molecule has 0 fully saturated rings. The van der Waals surface area contributed by atoms with Crippen molar-refractivity contribution in [1.29, 1.82) is 0 Å². The monoisotopic (exact) mass is 639 g/mol. The fraction of sp³-hybridized carbons (Fsp3) is 0.367. The van der Waals surface area contributed by atoms with Crippen LogP contribution in [0.1, 0.15) is 35.3 Å². The van der Waals surface area contributed by atoms with Crippen molar-refractivity contribution in [2.75, 3.05) is 31.5 Å². The number of aliphatic hydroxyl groups is 1. The van der Waals surface area contributed by atoms with Crippen molar-refractivity contribution >= 4 is 33.2 Å². The smallest absolute Gasteiger partial charge is 0.416 e. The standard InChI is InChI=1S/C30H33ClF3N3O5S/c1-19-15-37(20(2)18-38)29(39)25-5-4-6-26(35-43(40,41)24-13-11-23(31)12-14-24)28(25)42-27(19)17-36(3)16-21-7-9-22(10-8-21)30(32,33)34/h4-14,19-20,27,35,38H,15-18H2,1-3H3/t19-,20+,27-/m1/s1. The molecule has 0 aliphatic carbocycles. The molecule has 0 unspecified atom stereocenters. The lowest BCUT2D eigenvalue weighted by Gasteiger charge is -2.38. The van der Waals surface area contributed by atoms with E-state index in [-0.39, 0.29) is 41.0 Å². The summed E-state index contributed by atoms with van der Waals surface area (Å²) >= 11 is 5.92. The van der Waals surface area contributed by atoms with Crippen LogP contribution in [0.3, 0.4) is 0 Å². The fourth-order valence-electron chi connectivity index (χ4n) is 4.84. The maximum Gasteiger partial charge on any atom is 0.416 e. The number of nitrogens with one attached hydrogen (secondary N) is 1. The van der Waals surface area contributed by atoms with Crippen LogP contribution in [0.2, 0.25) is 5.02 Å². The number of carbonyl (C=O) groups is 1. The Kier molecular flexibility index (Phi) is 9.95. The number of aliphatic hydroxyl groups excluding tert-OH is 1. The molecule has 43 heavy (non-hydrogen) atoms. The van der Waals surface area contributed by atoms with E-state index >= 15 is 0 Å². The molecule has 2 N–H and O–H groups in total. The molecule has 0 radical (unpaired) electrons. The van der Waals surface area contributed by atoms with Gasteiger partial charge in [0.1, 0.15) is 6.10 Å². The van der Waals surface area contributed by atoms with Gasteiger partial charge in [0, 0.05) is 30.6 Å². The summed E-state index contributed by atoms with van der Waals surface area (Å²) in [4.78, 5) is 17.1. The quantitative estimate of drug-likeness (QED) is 0.320. The molecule has 1 aliphatic heterocycles. The Labute approximate surface area is 254 Å². The number of sulfonamides is 1. The minimum absolute atomic E-state index is 0.0385. The number of carbonyl (C=O) groups excluding carboxylic acids is 1. The summed E-state index contributed by atoms with van der Waals surface area (Å²) in [5, 5.41) is 10.3. The summed E-state index contributed by atoms with van der Waals surface area (Å²) in [7, 11) is -2.30. The number of ether oxygens (including phenoxy) is 1. The SMILES string of the molecule is C[C@@H]1CN([C@@H](C)CO)C(=O)c2cccc(NS(=O)(=O)c3ccc(Cl)cc3)c2O[C@@H]1CN(C)Cc1ccc(C(F)(F)F)cc1. The third kappa shape index (κ3) is 7.80. The van der Waals surface area contributed by atoms with E-state index in [0.717, 1.165) is 12.1 Å². The van der Waals surface area contributed by atoms with Gasteiger partial charge in [-0.3, -0.25) is 14.4 Å². The van der Waals surface area contributed by atoms with Gasteiger partial charge >= 0.3 is 6.18 Å². The Bertz CT molecular complexity index is 1540. The van der Waals surface area contributed by atoms with E-state index in [1.54, 1.807) is 20.0 Å². The van der Waals surface area contributed by atoms with Gasteiger partial charge in [0.05, 0.1) is 34.4 Å². The average molecular weight is 640 g/mol. The Morgan fingerprint density at radius 2 is 1.77 bits per heavy atom. The number of para-hydroxylation sites is 1. The zero-order valence-electron chi connectivity index (χ0n) is 23.8. The van der Waals surface area contributed by atoms with Crippen LogP contribution in [-0.2, 0) is 22.7 Å². The Morgan fingerprint density at radius 3 is 2.37 bits per heavy atom. The first-order valence-corrected chi connectivity index (χ1v) is 15.4. The molecular weight excluding hydrogens is 607 g/mol. The van der Waals surface area contributed by atoms with Gasteiger partial charge in [-0.05, 0) is 68.1 Å². The predicted octanol–water partition coefficient (Wildman–Crippen LogP) is 5.51. The van der Waals surface area contributed by atoms with E-state index in [9.17, 15) is 31.5 Å². The van der Waals surface area contributed by atoms with Crippen LogP contribution in [-0.4, -0.2) is 68.1 Å². The number of halogens is 4. The Hall–Kier alpha value is -3.32. The lowest BCUT2D eigenvalue weighted by molar-refractivity contribution is -0.137. The molecule has 4 rings (SSSR count). The van der Waals surface area contributed by atoms with Crippen molar-refractivity contribution in [1.82, 2.24) is 9.80 Å². The molecule has 232 valence electrons. The largest absolute Gasteiger partial charge is 0.486 e. The second kappa shape index (κ2) is 13.1. The molecule has 3 aromatic carbocycles. The number of nitrogens with zero attached hydrogens (tertiary/aromatic N) is 2. The number of hydrogen-bond donors (Lipinski definition) is 2. The topological polar surface area (TPSA) is 99.2 Å². The van der Waals surface area contributed by atoms with Gasteiger partial charge in [-0.2, -0.15) is 13.2 Å². The highest BCUT2D eigenvalue weighted by atomic mass is 35.5. The van der Waals surface area contributed by atoms with Gasteiger partial charge in [0.2, 0.25) is 0 Å². The number of hydrogen-bond acceptors (Lipinski definition) is 6. The first-order valence-electron chi connectivity index (χ1n) is 13.5. The minimum atomic E-state index is -4.43. The van der Waals surface area contributed by atoms with Crippen LogP contribution >= 0.6 is 11.6 Å². The molecule has 0 bridgehead atoms. The Morgan fingerprint density at radius 1 is 1.12 bits per heavy atom. The third-order valence-corrected chi connectivity index (χ3v) is 8.92. The van der Waals surface area contributed by atoms with E-state index in [1.165, 1.54) is 53.4 Å². The van der Waals surface area contributed by atoms with Crippen LogP contribution in [0.5, 0.6) is 5.75 Å². The van der Waals surface area contributed by atoms with Gasteiger partial charge in [-0.25, -0.2) is 8.42 Å².